The normalized spacial score (nSPS) is 14.6. The third kappa shape index (κ3) is 5.81. The van der Waals surface area contributed by atoms with Crippen LogP contribution in [0.1, 0.15) is 45.6 Å². The molecule has 0 aromatic heterocycles. The van der Waals surface area contributed by atoms with Crippen LogP contribution in [-0.2, 0) is 26.2 Å². The number of nitrogens with one attached hydrogen (secondary N) is 1. The minimum absolute atomic E-state index is 0.111. The van der Waals surface area contributed by atoms with E-state index in [2.05, 4.69) is 5.32 Å². The zero-order valence-corrected chi connectivity index (χ0v) is 23.6. The average molecular weight is 556 g/mol. The van der Waals surface area contributed by atoms with Crippen molar-refractivity contribution in [3.8, 4) is 0 Å². The molecule has 0 radical (unpaired) electrons. The maximum absolute atomic E-state index is 13.6. The molecule has 9 heteroatoms. The molecule has 1 atom stereocenters. The molecule has 1 aliphatic heterocycles. The lowest BCUT2D eigenvalue weighted by molar-refractivity contribution is -0.141. The van der Waals surface area contributed by atoms with Crippen molar-refractivity contribution in [1.29, 1.82) is 0 Å². The molecule has 0 fully saturated rings. The molecule has 0 saturated heterocycles. The van der Waals surface area contributed by atoms with Crippen molar-refractivity contribution in [2.45, 2.75) is 57.5 Å². The van der Waals surface area contributed by atoms with Crippen LogP contribution in [0.2, 0.25) is 5.02 Å². The molecule has 0 saturated carbocycles. The predicted molar refractivity (Wildman–Crippen MR) is 152 cm³/mol. The number of sulfonamides is 1. The highest BCUT2D eigenvalue weighted by molar-refractivity contribution is 7.93. The fourth-order valence-corrected chi connectivity index (χ4v) is 6.72. The van der Waals surface area contributed by atoms with Gasteiger partial charge >= 0.3 is 0 Å². The van der Waals surface area contributed by atoms with Crippen molar-refractivity contribution in [1.82, 2.24) is 10.2 Å². The number of rotatable bonds is 11. The first-order valence-corrected chi connectivity index (χ1v) is 14.8. The summed E-state index contributed by atoms with van der Waals surface area (Å²) in [6, 6.07) is 17.4. The summed E-state index contributed by atoms with van der Waals surface area (Å²) in [5, 5.41) is 5.14. The second kappa shape index (κ2) is 11.7. The number of anilines is 1. The van der Waals surface area contributed by atoms with E-state index in [4.69, 9.17) is 11.6 Å². The van der Waals surface area contributed by atoms with Crippen molar-refractivity contribution < 1.29 is 18.0 Å². The largest absolute Gasteiger partial charge is 0.354 e. The van der Waals surface area contributed by atoms with Gasteiger partial charge in [-0.2, -0.15) is 0 Å². The van der Waals surface area contributed by atoms with Crippen molar-refractivity contribution in [3.63, 3.8) is 0 Å². The van der Waals surface area contributed by atoms with Gasteiger partial charge in [0.15, 0.2) is 0 Å². The van der Waals surface area contributed by atoms with Crippen LogP contribution in [0.25, 0.3) is 10.8 Å². The molecule has 0 spiro atoms. The van der Waals surface area contributed by atoms with Crippen LogP contribution in [0.4, 0.5) is 5.69 Å². The van der Waals surface area contributed by atoms with E-state index in [1.54, 1.807) is 35.2 Å². The maximum Gasteiger partial charge on any atom is 0.265 e. The van der Waals surface area contributed by atoms with Gasteiger partial charge in [0.05, 0.1) is 10.6 Å². The monoisotopic (exact) mass is 555 g/mol. The first kappa shape index (κ1) is 27.9. The highest BCUT2D eigenvalue weighted by Gasteiger charge is 2.35. The topological polar surface area (TPSA) is 86.8 Å². The summed E-state index contributed by atoms with van der Waals surface area (Å²) in [5.74, 6) is -0.0977. The Bertz CT molecular complexity index is 1420. The molecule has 1 N–H and O–H groups in total. The number of nitrogens with zero attached hydrogens (tertiary/aromatic N) is 2. The van der Waals surface area contributed by atoms with Crippen molar-refractivity contribution in [2.75, 3.05) is 17.4 Å². The van der Waals surface area contributed by atoms with E-state index in [1.807, 2.05) is 51.1 Å². The van der Waals surface area contributed by atoms with E-state index in [9.17, 15) is 18.0 Å². The van der Waals surface area contributed by atoms with Gasteiger partial charge in [-0.25, -0.2) is 8.42 Å². The van der Waals surface area contributed by atoms with Crippen LogP contribution in [-0.4, -0.2) is 44.3 Å². The molecular formula is C29H34ClN3O4S. The Morgan fingerprint density at radius 1 is 1.03 bits per heavy atom. The minimum Gasteiger partial charge on any atom is -0.354 e. The molecule has 0 unspecified atom stereocenters. The van der Waals surface area contributed by atoms with Gasteiger partial charge in [-0.05, 0) is 54.0 Å². The average Bonchev–Trinajstić information content (AvgIpc) is 3.11. The minimum atomic E-state index is -3.69. The third-order valence-corrected chi connectivity index (χ3v) is 8.88. The Kier molecular flexibility index (Phi) is 8.63. The van der Waals surface area contributed by atoms with Crippen LogP contribution in [0, 0.1) is 5.92 Å². The van der Waals surface area contributed by atoms with Gasteiger partial charge in [0.2, 0.25) is 11.8 Å². The lowest BCUT2D eigenvalue weighted by Gasteiger charge is -2.31. The third-order valence-electron chi connectivity index (χ3n) is 6.77. The van der Waals surface area contributed by atoms with E-state index in [0.29, 0.717) is 35.0 Å². The molecule has 202 valence electrons. The molecule has 0 aliphatic carbocycles. The molecule has 2 amide bonds. The lowest BCUT2D eigenvalue weighted by atomic mass is 10.1. The van der Waals surface area contributed by atoms with Gasteiger partial charge < -0.3 is 10.2 Å². The van der Waals surface area contributed by atoms with E-state index >= 15 is 0 Å². The van der Waals surface area contributed by atoms with Crippen LogP contribution in [0.5, 0.6) is 0 Å². The summed E-state index contributed by atoms with van der Waals surface area (Å²) in [4.78, 5) is 28.5. The maximum atomic E-state index is 13.6. The number of hydrogen-bond donors (Lipinski definition) is 1. The Hall–Kier alpha value is -3.10. The molecule has 38 heavy (non-hydrogen) atoms. The fraction of sp³-hybridized carbons (Fsp3) is 0.379. The summed E-state index contributed by atoms with van der Waals surface area (Å²) in [6.07, 6.45) is 0.893. The number of amides is 2. The molecular weight excluding hydrogens is 522 g/mol. The lowest BCUT2D eigenvalue weighted by Crippen LogP contribution is -2.49. The first-order chi connectivity index (χ1) is 18.1. The van der Waals surface area contributed by atoms with Crippen LogP contribution < -0.4 is 9.62 Å². The summed E-state index contributed by atoms with van der Waals surface area (Å²) in [7, 11) is -3.69. The summed E-state index contributed by atoms with van der Waals surface area (Å²) < 4.78 is 28.0. The number of carbonyl (C=O) groups excluding carboxylic acids is 2. The molecule has 1 aliphatic rings. The second-order valence-electron chi connectivity index (χ2n) is 10.0. The molecule has 1 heterocycles. The second-order valence-corrected chi connectivity index (χ2v) is 12.3. The number of halogens is 1. The number of carbonyl (C=O) groups is 2. The van der Waals surface area contributed by atoms with Gasteiger partial charge in [-0.3, -0.25) is 13.9 Å². The molecule has 4 rings (SSSR count). The SMILES string of the molecule is CC[C@@H](C(=O)NCC(C)C)N(Cc1ccc(Cl)cc1)C(=O)CCCN1c2cccc3cccc(c23)S1(=O)=O. The number of benzene rings is 3. The standard InChI is InChI=1S/C29H34ClN3O4S/c1-4-24(29(35)31-18-20(2)3)32(19-21-13-15-23(30)16-14-21)27(34)12-7-17-33-25-10-5-8-22-9-6-11-26(28(22)25)38(33,36)37/h5-6,8-11,13-16,20,24H,4,7,12,17-19H2,1-3H3,(H,31,35)/t24-/m0/s1. The van der Waals surface area contributed by atoms with E-state index < -0.39 is 16.1 Å². The van der Waals surface area contributed by atoms with Gasteiger partial charge in [-0.1, -0.05) is 68.8 Å². The predicted octanol–water partition coefficient (Wildman–Crippen LogP) is 5.36. The Labute approximate surface area is 229 Å². The molecule has 7 nitrogen and oxygen atoms in total. The molecule has 3 aromatic rings. The molecule has 3 aromatic carbocycles. The van der Waals surface area contributed by atoms with Gasteiger partial charge in [-0.15, -0.1) is 0 Å². The highest BCUT2D eigenvalue weighted by atomic mass is 35.5. The summed E-state index contributed by atoms with van der Waals surface area (Å²) >= 11 is 6.04. The van der Waals surface area contributed by atoms with Crippen molar-refractivity contribution in [2.24, 2.45) is 5.92 Å². The van der Waals surface area contributed by atoms with Crippen LogP contribution in [0.3, 0.4) is 0 Å². The van der Waals surface area contributed by atoms with Gasteiger partial charge in [0.25, 0.3) is 10.0 Å². The van der Waals surface area contributed by atoms with E-state index in [1.165, 1.54) is 4.31 Å². The fourth-order valence-electron chi connectivity index (χ4n) is 4.85. The smallest absolute Gasteiger partial charge is 0.265 e. The number of hydrogen-bond acceptors (Lipinski definition) is 4. The highest BCUT2D eigenvalue weighted by Crippen LogP contribution is 2.42. The Morgan fingerprint density at radius 2 is 1.71 bits per heavy atom. The molecule has 0 bridgehead atoms. The van der Waals surface area contributed by atoms with Crippen LogP contribution >= 0.6 is 11.6 Å². The van der Waals surface area contributed by atoms with Gasteiger partial charge in [0.1, 0.15) is 6.04 Å². The van der Waals surface area contributed by atoms with Crippen LogP contribution in [0.15, 0.2) is 65.6 Å². The van der Waals surface area contributed by atoms with Crippen molar-refractivity contribution >= 4 is 49.9 Å². The first-order valence-electron chi connectivity index (χ1n) is 13.0. The van der Waals surface area contributed by atoms with Gasteiger partial charge in [0, 0.05) is 36.5 Å². The Balaban J connectivity index is 1.51. The van der Waals surface area contributed by atoms with E-state index in [0.717, 1.165) is 16.3 Å². The zero-order valence-electron chi connectivity index (χ0n) is 22.0. The Morgan fingerprint density at radius 3 is 2.37 bits per heavy atom. The summed E-state index contributed by atoms with van der Waals surface area (Å²) in [5.41, 5.74) is 1.50. The van der Waals surface area contributed by atoms with E-state index in [-0.39, 0.29) is 37.2 Å². The summed E-state index contributed by atoms with van der Waals surface area (Å²) in [6.45, 7) is 6.88. The van der Waals surface area contributed by atoms with Crippen molar-refractivity contribution in [3.05, 3.63) is 71.2 Å². The zero-order chi connectivity index (χ0) is 27.4. The quantitative estimate of drug-likeness (QED) is 0.345.